The SMILES string of the molecule is C.CC(=O)c1ccncc1.Clc1nc(-c2ccncc2)cc2ccccc12.Fc1cccc(Nc2nc(-c3ccncc3)cc3ccccc23)c1.NC(=O)c1ccccc1I.Nc1cccc(F)c1.O=P(Cl)(Cl)Cl.O=c1[nH]c(-c2ccncc2)cc2ccccc12. The Bertz CT molecular complexity index is 4590. The first-order chi connectivity index (χ1) is 43.3. The molecule has 22 heteroatoms. The maximum Gasteiger partial charge on any atom is 0.339 e. The molecule has 13 aromatic rings. The van der Waals surface area contributed by atoms with E-state index in [4.69, 9.17) is 28.1 Å². The number of H-pyrrole nitrogens is 1. The summed E-state index contributed by atoms with van der Waals surface area (Å²) in [5.41, 5.74) is 18.2. The van der Waals surface area contributed by atoms with E-state index >= 15 is 0 Å². The zero-order chi connectivity index (χ0) is 64.4. The van der Waals surface area contributed by atoms with E-state index < -0.39 is 5.20 Å². The van der Waals surface area contributed by atoms with Crippen LogP contribution in [-0.4, -0.2) is 46.6 Å². The number of benzene rings is 6. The van der Waals surface area contributed by atoms with Gasteiger partial charge in [0.05, 0.1) is 17.0 Å². The molecule has 0 atom stereocenters. The molecular weight excluding hydrogens is 1370 g/mol. The fourth-order valence-electron chi connectivity index (χ4n) is 8.15. The summed E-state index contributed by atoms with van der Waals surface area (Å²) in [5.74, 6) is -0.160. The van der Waals surface area contributed by atoms with E-state index in [1.807, 2.05) is 146 Å². The number of nitrogens with two attached hydrogens (primary N) is 2. The second kappa shape index (κ2) is 35.8. The molecule has 0 spiro atoms. The van der Waals surface area contributed by atoms with Crippen molar-refractivity contribution < 1.29 is 22.9 Å². The third kappa shape index (κ3) is 23.2. The minimum absolute atomic E-state index is 0. The zero-order valence-electron chi connectivity index (χ0n) is 47.4. The molecular formula is C69H56Cl4F2IN10O4P. The Hall–Kier alpha value is -9.33. The molecule has 91 heavy (non-hydrogen) atoms. The summed E-state index contributed by atoms with van der Waals surface area (Å²) in [5, 5.41) is 6.34. The molecule has 13 rings (SSSR count). The molecule has 0 aliphatic rings. The van der Waals surface area contributed by atoms with Gasteiger partial charge in [0.2, 0.25) is 5.91 Å². The number of carbonyl (C=O) groups is 2. The normalized spacial score (nSPS) is 10.2. The van der Waals surface area contributed by atoms with E-state index in [-0.39, 0.29) is 36.3 Å². The van der Waals surface area contributed by atoms with E-state index in [0.29, 0.717) is 38.9 Å². The highest BCUT2D eigenvalue weighted by atomic mass is 127. The van der Waals surface area contributed by atoms with Crippen LogP contribution in [0.4, 0.5) is 26.0 Å². The van der Waals surface area contributed by atoms with E-state index in [1.54, 1.807) is 92.0 Å². The monoisotopic (exact) mass is 1420 g/mol. The maximum atomic E-state index is 13.5. The van der Waals surface area contributed by atoms with Gasteiger partial charge < -0.3 is 21.8 Å². The summed E-state index contributed by atoms with van der Waals surface area (Å²) in [4.78, 5) is 61.0. The van der Waals surface area contributed by atoms with Gasteiger partial charge in [-0.15, -0.1) is 0 Å². The first-order valence-electron chi connectivity index (χ1n) is 26.8. The number of ketones is 1. The van der Waals surface area contributed by atoms with Crippen LogP contribution in [0.3, 0.4) is 0 Å². The minimum atomic E-state index is -3.22. The molecule has 0 unspecified atom stereocenters. The second-order valence-corrected chi connectivity index (χ2v) is 26.8. The average Bonchev–Trinajstić information content (AvgIpc) is 1.87. The molecule has 6 N–H and O–H groups in total. The van der Waals surface area contributed by atoms with Crippen LogP contribution in [0.2, 0.25) is 5.15 Å². The molecule has 0 fully saturated rings. The van der Waals surface area contributed by atoms with Gasteiger partial charge in [0.15, 0.2) is 5.78 Å². The lowest BCUT2D eigenvalue weighted by Crippen LogP contribution is -2.12. The summed E-state index contributed by atoms with van der Waals surface area (Å²) >= 11 is 22.1. The van der Waals surface area contributed by atoms with Gasteiger partial charge in [-0.1, -0.05) is 110 Å². The first-order valence-corrected chi connectivity index (χ1v) is 32.6. The van der Waals surface area contributed by atoms with Crippen molar-refractivity contribution in [1.82, 2.24) is 34.9 Å². The topological polar surface area (TPSA) is 225 Å². The highest BCUT2D eigenvalue weighted by Gasteiger charge is 2.10. The predicted octanol–water partition coefficient (Wildman–Crippen LogP) is 19.2. The van der Waals surface area contributed by atoms with Crippen molar-refractivity contribution in [2.75, 3.05) is 11.1 Å². The van der Waals surface area contributed by atoms with Gasteiger partial charge in [-0.05, 0) is 201 Å². The van der Waals surface area contributed by atoms with E-state index in [0.717, 1.165) is 64.3 Å². The summed E-state index contributed by atoms with van der Waals surface area (Å²) < 4.78 is 36.0. The molecule has 0 aliphatic heterocycles. The number of carbonyl (C=O) groups excluding carboxylic acids is 2. The first kappa shape index (κ1) is 70.8. The van der Waals surface area contributed by atoms with Crippen LogP contribution in [0, 0.1) is 15.2 Å². The fraction of sp³-hybridized carbons (Fsp3) is 0.0290. The van der Waals surface area contributed by atoms with Crippen LogP contribution < -0.4 is 22.3 Å². The Morgan fingerprint density at radius 3 is 1.45 bits per heavy atom. The standard InChI is InChI=1S/C20H14FN3.C14H9ClN2.C14H10N2O.C7H6INO.C7H7NO.C6H6FN.CH4.Cl3OP/c21-16-5-3-6-17(13-16)23-20-18-7-2-1-4-15(18)12-19(24-20)14-8-10-22-11-9-14;15-14-12-4-2-1-3-11(12)9-13(17-14)10-5-7-16-8-6-10;17-14-12-4-2-1-3-11(12)9-13(16-14)10-5-7-15-8-6-10;8-6-4-2-1-3-5(6)7(9)10;1-6(9)7-2-4-8-5-3-7;7-5-2-1-3-6(8)4-5;;1-5(2,3)4/h1-13H,(H,23,24);1-9H;1-9H,(H,16,17);1-4H,(H2,9,10);2-5H,1H3;1-4H,8H2;1H4;. The van der Waals surface area contributed by atoms with Crippen LogP contribution >= 0.6 is 73.1 Å². The number of hydrogen-bond donors (Lipinski definition) is 4. The Morgan fingerprint density at radius 2 is 0.978 bits per heavy atom. The lowest BCUT2D eigenvalue weighted by Gasteiger charge is -2.12. The van der Waals surface area contributed by atoms with Gasteiger partial charge >= 0.3 is 5.20 Å². The number of nitrogen functional groups attached to an aromatic ring is 1. The largest absolute Gasteiger partial charge is 0.399 e. The van der Waals surface area contributed by atoms with Gasteiger partial charge in [0.25, 0.3) is 5.56 Å². The van der Waals surface area contributed by atoms with Crippen molar-refractivity contribution in [3.8, 4) is 33.8 Å². The number of nitrogens with zero attached hydrogens (tertiary/aromatic N) is 6. The van der Waals surface area contributed by atoms with E-state index in [9.17, 15) is 27.7 Å². The highest BCUT2D eigenvalue weighted by molar-refractivity contribution is 14.1. The molecule has 14 nitrogen and oxygen atoms in total. The smallest absolute Gasteiger partial charge is 0.339 e. The number of primary amides is 1. The Morgan fingerprint density at radius 1 is 0.538 bits per heavy atom. The molecule has 0 saturated carbocycles. The van der Waals surface area contributed by atoms with Crippen LogP contribution in [0.15, 0.2) is 267 Å². The second-order valence-electron chi connectivity index (χ2n) is 18.6. The number of rotatable bonds is 7. The van der Waals surface area contributed by atoms with Gasteiger partial charge in [-0.25, -0.2) is 18.7 Å². The number of fused-ring (bicyclic) bond motifs is 3. The molecule has 6 aromatic carbocycles. The van der Waals surface area contributed by atoms with Crippen molar-refractivity contribution in [1.29, 1.82) is 0 Å². The summed E-state index contributed by atoms with van der Waals surface area (Å²) in [6.45, 7) is 1.54. The molecule has 0 bridgehead atoms. The van der Waals surface area contributed by atoms with E-state index in [1.165, 1.54) is 31.2 Å². The Balaban J connectivity index is 0.000000177. The maximum absolute atomic E-state index is 13.5. The summed E-state index contributed by atoms with van der Waals surface area (Å²) in [7, 11) is 0. The van der Waals surface area contributed by atoms with E-state index in [2.05, 4.69) is 91.5 Å². The number of Topliss-reactive ketones (excluding diaryl/α,β-unsaturated/α-hetero) is 1. The molecule has 0 saturated heterocycles. The third-order valence-electron chi connectivity index (χ3n) is 12.3. The number of pyridine rings is 7. The van der Waals surface area contributed by atoms with Crippen LogP contribution in [-0.2, 0) is 4.57 Å². The molecule has 7 aromatic heterocycles. The number of amides is 1. The van der Waals surface area contributed by atoms with Crippen molar-refractivity contribution in [3.05, 3.63) is 304 Å². The van der Waals surface area contributed by atoms with Crippen LogP contribution in [0.5, 0.6) is 0 Å². The third-order valence-corrected chi connectivity index (χ3v) is 13.5. The number of aromatic nitrogens is 7. The van der Waals surface area contributed by atoms with Gasteiger partial charge in [-0.2, -0.15) is 0 Å². The molecule has 7 heterocycles. The molecule has 0 aliphatic carbocycles. The molecule has 0 radical (unpaired) electrons. The van der Waals surface area contributed by atoms with Crippen molar-refractivity contribution in [2.45, 2.75) is 14.4 Å². The Kier molecular flexibility index (Phi) is 27.8. The molecule has 460 valence electrons. The van der Waals surface area contributed by atoms with Crippen LogP contribution in [0.1, 0.15) is 35.1 Å². The quantitative estimate of drug-likeness (QED) is 0.0384. The summed E-state index contributed by atoms with van der Waals surface area (Å²) in [6, 6.07) is 63.8. The molecule has 1 amide bonds. The van der Waals surface area contributed by atoms with Crippen molar-refractivity contribution in [3.63, 3.8) is 0 Å². The lowest BCUT2D eigenvalue weighted by atomic mass is 10.1. The lowest BCUT2D eigenvalue weighted by molar-refractivity contribution is 0.0995. The number of aromatic amines is 1. The fourth-order valence-corrected chi connectivity index (χ4v) is 9.06. The van der Waals surface area contributed by atoms with Gasteiger partial charge in [0, 0.05) is 109 Å². The average molecular weight is 1430 g/mol. The highest BCUT2D eigenvalue weighted by Crippen LogP contribution is 2.61. The van der Waals surface area contributed by atoms with Crippen molar-refractivity contribution in [2.24, 2.45) is 5.73 Å². The predicted molar refractivity (Wildman–Crippen MR) is 377 cm³/mol. The van der Waals surface area contributed by atoms with Gasteiger partial charge in [-0.3, -0.25) is 38.9 Å². The number of halogens is 7. The van der Waals surface area contributed by atoms with Crippen LogP contribution in [0.25, 0.3) is 66.1 Å². The van der Waals surface area contributed by atoms with Crippen molar-refractivity contribution >= 4 is 134 Å². The Labute approximate surface area is 556 Å². The number of hydrogen-bond acceptors (Lipinski definition) is 12. The number of nitrogens with one attached hydrogen (secondary N) is 2. The number of anilines is 3. The zero-order valence-corrected chi connectivity index (χ0v) is 53.5. The minimum Gasteiger partial charge on any atom is -0.399 e. The van der Waals surface area contributed by atoms with Gasteiger partial charge in [0.1, 0.15) is 22.6 Å². The summed E-state index contributed by atoms with van der Waals surface area (Å²) in [6.07, 6.45) is 13.6.